The average Bonchev–Trinajstić information content (AvgIpc) is 2.12. The smallest absolute Gasteiger partial charge is 0.310 e. The highest BCUT2D eigenvalue weighted by Crippen LogP contribution is 2.38. The molecule has 0 rings (SSSR count). The third kappa shape index (κ3) is 4.63. The highest BCUT2D eigenvalue weighted by Gasteiger charge is 2.34. The van der Waals surface area contributed by atoms with Gasteiger partial charge in [-0.3, -0.25) is 4.79 Å². The molecule has 0 N–H and O–H groups in total. The van der Waals surface area contributed by atoms with Crippen LogP contribution in [-0.4, -0.2) is 14.9 Å². The Balaban J connectivity index is 4.09. The van der Waals surface area contributed by atoms with Crippen LogP contribution in [0.15, 0.2) is 0 Å². The first-order chi connectivity index (χ1) is 5.95. The molecule has 0 aliphatic carbocycles. The molecule has 0 saturated carbocycles. The van der Waals surface area contributed by atoms with Gasteiger partial charge in [0.15, 0.2) is 0 Å². The predicted octanol–water partition coefficient (Wildman–Crippen LogP) is 3.51. The molecule has 2 unspecified atom stereocenters. The third-order valence-electron chi connectivity index (χ3n) is 1.91. The quantitative estimate of drug-likeness (QED) is 0.425. The Kier molecular flexibility index (Phi) is 6.54. The van der Waals surface area contributed by atoms with Crippen molar-refractivity contribution in [2.45, 2.75) is 35.9 Å². The first-order valence-electron chi connectivity index (χ1n) is 4.50. The molecule has 0 saturated heterocycles. The molecule has 0 heterocycles. The van der Waals surface area contributed by atoms with Gasteiger partial charge < -0.3 is 4.74 Å². The molecule has 13 heavy (non-hydrogen) atoms. The van der Waals surface area contributed by atoms with E-state index in [9.17, 15) is 4.79 Å². The van der Waals surface area contributed by atoms with E-state index in [0.29, 0.717) is 6.61 Å². The van der Waals surface area contributed by atoms with Crippen LogP contribution in [0.4, 0.5) is 0 Å². The molecule has 4 heteroatoms. The zero-order valence-electron chi connectivity index (χ0n) is 8.27. The molecule has 0 aromatic carbocycles. The number of hydrogen-bond acceptors (Lipinski definition) is 2. The van der Waals surface area contributed by atoms with Gasteiger partial charge in [0.05, 0.1) is 14.9 Å². The highest BCUT2D eigenvalue weighted by molar-refractivity contribution is 14.1. The second-order valence-electron chi connectivity index (χ2n) is 3.00. The van der Waals surface area contributed by atoms with Crippen molar-refractivity contribution in [3.63, 3.8) is 0 Å². The summed E-state index contributed by atoms with van der Waals surface area (Å²) < 4.78 is 4.90. The Morgan fingerprint density at radius 1 is 1.62 bits per heavy atom. The highest BCUT2D eigenvalue weighted by atomic mass is 127. The summed E-state index contributed by atoms with van der Waals surface area (Å²) in [6.45, 7) is 6.45. The van der Waals surface area contributed by atoms with Crippen molar-refractivity contribution in [1.82, 2.24) is 0 Å². The van der Waals surface area contributed by atoms with Gasteiger partial charge in [0.25, 0.3) is 0 Å². The summed E-state index contributed by atoms with van der Waals surface area (Å²) in [6.07, 6.45) is 1.77. The third-order valence-corrected chi connectivity index (χ3v) is 4.85. The molecular formula is C9H16BrIO2. The van der Waals surface area contributed by atoms with Gasteiger partial charge >= 0.3 is 5.97 Å². The van der Waals surface area contributed by atoms with Crippen LogP contribution in [0, 0.1) is 5.92 Å². The van der Waals surface area contributed by atoms with Gasteiger partial charge in [-0.05, 0) is 19.8 Å². The number of carbonyl (C=O) groups excluding carboxylic acids is 1. The molecule has 0 aromatic rings. The first-order valence-corrected chi connectivity index (χ1v) is 6.37. The van der Waals surface area contributed by atoms with E-state index in [1.165, 1.54) is 0 Å². The molecular weight excluding hydrogens is 347 g/mol. The zero-order valence-corrected chi connectivity index (χ0v) is 12.0. The Bertz CT molecular complexity index is 171. The lowest BCUT2D eigenvalue weighted by atomic mass is 10.1. The Morgan fingerprint density at radius 3 is 2.54 bits per heavy atom. The number of ether oxygens (including phenoxy) is 1. The maximum Gasteiger partial charge on any atom is 0.310 e. The fraction of sp³-hybridized carbons (Fsp3) is 0.889. The number of halogens is 2. The van der Waals surface area contributed by atoms with E-state index < -0.39 is 0 Å². The number of carbonyl (C=O) groups is 1. The summed E-state index contributed by atoms with van der Waals surface area (Å²) in [6, 6.07) is 0. The van der Waals surface area contributed by atoms with Gasteiger partial charge in [-0.15, -0.1) is 0 Å². The second-order valence-corrected chi connectivity index (χ2v) is 7.83. The lowest BCUT2D eigenvalue weighted by Crippen LogP contribution is -2.30. The summed E-state index contributed by atoms with van der Waals surface area (Å²) >= 11 is 5.77. The van der Waals surface area contributed by atoms with Crippen LogP contribution < -0.4 is 0 Å². The minimum Gasteiger partial charge on any atom is -0.465 e. The molecule has 0 radical (unpaired) electrons. The van der Waals surface area contributed by atoms with Crippen molar-refractivity contribution in [3.05, 3.63) is 0 Å². The van der Waals surface area contributed by atoms with Crippen molar-refractivity contribution in [2.24, 2.45) is 5.92 Å². The van der Waals surface area contributed by atoms with Crippen LogP contribution in [0.25, 0.3) is 0 Å². The maximum absolute atomic E-state index is 11.5. The minimum atomic E-state index is -0.171. The Morgan fingerprint density at radius 2 is 2.15 bits per heavy atom. The predicted molar refractivity (Wildman–Crippen MR) is 66.4 cm³/mol. The fourth-order valence-electron chi connectivity index (χ4n) is 0.806. The van der Waals surface area contributed by atoms with Crippen LogP contribution in [0.3, 0.4) is 0 Å². The van der Waals surface area contributed by atoms with E-state index in [2.05, 4.69) is 38.5 Å². The van der Waals surface area contributed by atoms with Crippen molar-refractivity contribution in [3.8, 4) is 0 Å². The molecule has 2 atom stereocenters. The molecule has 0 aliphatic rings. The summed E-state index contributed by atoms with van der Waals surface area (Å²) in [4.78, 5) is 11.5. The largest absolute Gasteiger partial charge is 0.465 e. The van der Waals surface area contributed by atoms with Crippen LogP contribution in [-0.2, 0) is 9.53 Å². The van der Waals surface area contributed by atoms with Crippen LogP contribution in [0.2, 0.25) is 0 Å². The normalized spacial score (nSPS) is 17.6. The number of hydrogen-bond donors (Lipinski definition) is 0. The van der Waals surface area contributed by atoms with E-state index >= 15 is 0 Å². The van der Waals surface area contributed by atoms with Gasteiger partial charge in [-0.1, -0.05) is 52.4 Å². The van der Waals surface area contributed by atoms with E-state index in [-0.39, 0.29) is 14.2 Å². The van der Waals surface area contributed by atoms with Crippen molar-refractivity contribution < 1.29 is 9.53 Å². The Labute approximate surface area is 102 Å². The van der Waals surface area contributed by atoms with E-state index in [4.69, 9.17) is 4.74 Å². The minimum absolute atomic E-state index is 0.107. The molecule has 0 aromatic heterocycles. The van der Waals surface area contributed by atoms with Crippen LogP contribution in [0.5, 0.6) is 0 Å². The van der Waals surface area contributed by atoms with Crippen molar-refractivity contribution in [1.29, 1.82) is 0 Å². The van der Waals surface area contributed by atoms with Gasteiger partial charge in [0.2, 0.25) is 0 Å². The van der Waals surface area contributed by atoms with Crippen LogP contribution in [0.1, 0.15) is 33.6 Å². The SMILES string of the molecule is CCCOC(=O)C(C)C(Br)(I)CC. The summed E-state index contributed by atoms with van der Waals surface area (Å²) in [7, 11) is 0. The summed E-state index contributed by atoms with van der Waals surface area (Å²) in [5.41, 5.74) is 0. The van der Waals surface area contributed by atoms with Gasteiger partial charge in [-0.2, -0.15) is 0 Å². The lowest BCUT2D eigenvalue weighted by molar-refractivity contribution is -0.148. The first kappa shape index (κ1) is 13.7. The van der Waals surface area contributed by atoms with E-state index in [0.717, 1.165) is 12.8 Å². The second kappa shape index (κ2) is 6.22. The van der Waals surface area contributed by atoms with Gasteiger partial charge in [0.1, 0.15) is 0 Å². The zero-order chi connectivity index (χ0) is 10.5. The number of alkyl halides is 2. The average molecular weight is 363 g/mol. The maximum atomic E-state index is 11.5. The van der Waals surface area contributed by atoms with E-state index in [1.807, 2.05) is 20.8 Å². The molecule has 2 nitrogen and oxygen atoms in total. The molecule has 0 aliphatic heterocycles. The summed E-state index contributed by atoms with van der Waals surface area (Å²) in [5.74, 6) is -0.223. The van der Waals surface area contributed by atoms with Gasteiger partial charge in [-0.25, -0.2) is 0 Å². The topological polar surface area (TPSA) is 26.3 Å². The Hall–Kier alpha value is 0.680. The monoisotopic (exact) mass is 362 g/mol. The molecule has 0 fully saturated rings. The molecule has 0 spiro atoms. The van der Waals surface area contributed by atoms with Crippen LogP contribution >= 0.6 is 38.5 Å². The molecule has 78 valence electrons. The standard InChI is InChI=1S/C9H16BrIO2/c1-4-6-13-8(12)7(3)9(10,11)5-2/h7H,4-6H2,1-3H3. The fourth-order valence-corrected chi connectivity index (χ4v) is 1.25. The van der Waals surface area contributed by atoms with Crippen molar-refractivity contribution in [2.75, 3.05) is 6.61 Å². The molecule has 0 bridgehead atoms. The lowest BCUT2D eigenvalue weighted by Gasteiger charge is -2.24. The molecule has 0 amide bonds. The summed E-state index contributed by atoms with van der Waals surface area (Å²) in [5, 5.41) is 0. The van der Waals surface area contributed by atoms with Gasteiger partial charge in [0, 0.05) is 0 Å². The van der Waals surface area contributed by atoms with E-state index in [1.54, 1.807) is 0 Å². The number of rotatable bonds is 5. The number of esters is 1. The van der Waals surface area contributed by atoms with Crippen molar-refractivity contribution >= 4 is 44.5 Å².